The van der Waals surface area contributed by atoms with E-state index in [0.717, 1.165) is 12.1 Å². The van der Waals surface area contributed by atoms with Crippen LogP contribution in [0.15, 0.2) is 24.3 Å². The molecule has 3 nitrogen and oxygen atoms in total. The first-order valence-corrected chi connectivity index (χ1v) is 5.99. The van der Waals surface area contributed by atoms with E-state index in [-0.39, 0.29) is 0 Å². The molecule has 0 amide bonds. The quantitative estimate of drug-likeness (QED) is 0.774. The third kappa shape index (κ3) is 6.45. The first-order chi connectivity index (χ1) is 8.92. The minimum atomic E-state index is -4.19. The molecule has 0 aliphatic carbocycles. The Hall–Kier alpha value is -1.27. The van der Waals surface area contributed by atoms with Crippen molar-refractivity contribution in [1.82, 2.24) is 5.32 Å². The number of halogens is 3. The Morgan fingerprint density at radius 1 is 1.21 bits per heavy atom. The molecule has 1 aromatic carbocycles. The van der Waals surface area contributed by atoms with Crippen LogP contribution >= 0.6 is 0 Å². The number of anilines is 1. The van der Waals surface area contributed by atoms with Gasteiger partial charge in [-0.1, -0.05) is 12.1 Å². The summed E-state index contributed by atoms with van der Waals surface area (Å²) in [7, 11) is 3.06. The van der Waals surface area contributed by atoms with Crippen LogP contribution in [0.3, 0.4) is 0 Å². The number of benzene rings is 1. The maximum absolute atomic E-state index is 12.2. The molecule has 19 heavy (non-hydrogen) atoms. The van der Waals surface area contributed by atoms with Crippen molar-refractivity contribution in [3.05, 3.63) is 29.8 Å². The van der Waals surface area contributed by atoms with Gasteiger partial charge in [0.2, 0.25) is 0 Å². The van der Waals surface area contributed by atoms with Crippen LogP contribution in [-0.4, -0.2) is 40.0 Å². The second-order valence-corrected chi connectivity index (χ2v) is 4.31. The summed E-state index contributed by atoms with van der Waals surface area (Å²) in [4.78, 5) is 1.18. The molecule has 0 unspecified atom stereocenters. The maximum Gasteiger partial charge on any atom is 0.405 e. The molecule has 1 rings (SSSR count). The Kier molecular flexibility index (Phi) is 6.11. The van der Waals surface area contributed by atoms with Gasteiger partial charge in [-0.25, -0.2) is 0 Å². The summed E-state index contributed by atoms with van der Waals surface area (Å²) in [5, 5.41) is 3.17. The molecule has 108 valence electrons. The van der Waals surface area contributed by atoms with Crippen molar-refractivity contribution in [3.8, 4) is 0 Å². The van der Waals surface area contributed by atoms with Crippen molar-refractivity contribution in [2.75, 3.05) is 38.8 Å². The molecule has 6 heteroatoms. The van der Waals surface area contributed by atoms with E-state index in [9.17, 15) is 13.2 Å². The molecular weight excluding hydrogens is 257 g/mol. The van der Waals surface area contributed by atoms with Crippen LogP contribution in [-0.2, 0) is 11.3 Å². The zero-order valence-corrected chi connectivity index (χ0v) is 11.1. The number of nitrogens with zero attached hydrogens (tertiary/aromatic N) is 1. The van der Waals surface area contributed by atoms with Crippen molar-refractivity contribution in [2.24, 2.45) is 0 Å². The monoisotopic (exact) mass is 276 g/mol. The van der Waals surface area contributed by atoms with E-state index in [4.69, 9.17) is 4.74 Å². The van der Waals surface area contributed by atoms with Gasteiger partial charge in [0.05, 0.1) is 6.61 Å². The molecule has 0 aliphatic rings. The molecule has 0 radical (unpaired) electrons. The van der Waals surface area contributed by atoms with Gasteiger partial charge in [-0.2, -0.15) is 13.2 Å². The molecule has 0 aliphatic heterocycles. The van der Waals surface area contributed by atoms with Crippen LogP contribution in [0, 0.1) is 0 Å². The van der Waals surface area contributed by atoms with Gasteiger partial charge in [-0.15, -0.1) is 0 Å². The molecule has 0 fully saturated rings. The summed E-state index contributed by atoms with van der Waals surface area (Å²) >= 11 is 0. The summed E-state index contributed by atoms with van der Waals surface area (Å²) in [6.07, 6.45) is -4.19. The summed E-state index contributed by atoms with van der Waals surface area (Å²) in [5.41, 5.74) is 1.58. The fourth-order valence-corrected chi connectivity index (χ4v) is 1.64. The smallest absolute Gasteiger partial charge is 0.383 e. The van der Waals surface area contributed by atoms with Gasteiger partial charge >= 0.3 is 6.18 Å². The largest absolute Gasteiger partial charge is 0.405 e. The summed E-state index contributed by atoms with van der Waals surface area (Å²) in [6, 6.07) is 7.03. The predicted octanol–water partition coefficient (Wildman–Crippen LogP) is 2.42. The molecule has 0 heterocycles. The highest BCUT2D eigenvalue weighted by Gasteiger charge is 2.29. The van der Waals surface area contributed by atoms with Gasteiger partial charge in [-0.05, 0) is 17.7 Å². The minimum Gasteiger partial charge on any atom is -0.383 e. The number of methoxy groups -OCH3 is 1. The Morgan fingerprint density at radius 2 is 1.84 bits per heavy atom. The SMILES string of the molecule is COCCNCc1ccc(N(C)CC(F)(F)F)cc1. The predicted molar refractivity (Wildman–Crippen MR) is 69.3 cm³/mol. The number of rotatable bonds is 7. The molecule has 0 saturated heterocycles. The van der Waals surface area contributed by atoms with Gasteiger partial charge in [0, 0.05) is 32.9 Å². The lowest BCUT2D eigenvalue weighted by Crippen LogP contribution is -2.30. The van der Waals surface area contributed by atoms with E-state index < -0.39 is 12.7 Å². The topological polar surface area (TPSA) is 24.5 Å². The number of nitrogens with one attached hydrogen (secondary N) is 1. The van der Waals surface area contributed by atoms with Crippen LogP contribution < -0.4 is 10.2 Å². The van der Waals surface area contributed by atoms with Gasteiger partial charge < -0.3 is 15.0 Å². The third-order valence-corrected chi connectivity index (χ3v) is 2.61. The number of hydrogen-bond donors (Lipinski definition) is 1. The van der Waals surface area contributed by atoms with Crippen molar-refractivity contribution in [3.63, 3.8) is 0 Å². The first kappa shape index (κ1) is 15.8. The summed E-state index contributed by atoms with van der Waals surface area (Å²) < 4.78 is 41.6. The number of hydrogen-bond acceptors (Lipinski definition) is 3. The highest BCUT2D eigenvalue weighted by molar-refractivity contribution is 5.47. The highest BCUT2D eigenvalue weighted by Crippen LogP contribution is 2.21. The molecule has 0 atom stereocenters. The van der Waals surface area contributed by atoms with Crippen LogP contribution in [0.1, 0.15) is 5.56 Å². The molecule has 0 bridgehead atoms. The van der Waals surface area contributed by atoms with E-state index >= 15 is 0 Å². The average Bonchev–Trinajstić information content (AvgIpc) is 2.33. The van der Waals surface area contributed by atoms with Crippen LogP contribution in [0.25, 0.3) is 0 Å². The molecule has 1 aromatic rings. The van der Waals surface area contributed by atoms with E-state index in [2.05, 4.69) is 5.32 Å². The second kappa shape index (κ2) is 7.35. The van der Waals surface area contributed by atoms with Crippen LogP contribution in [0.4, 0.5) is 18.9 Å². The Morgan fingerprint density at radius 3 is 2.37 bits per heavy atom. The lowest BCUT2D eigenvalue weighted by Gasteiger charge is -2.21. The van der Waals surface area contributed by atoms with E-state index in [1.54, 1.807) is 19.2 Å². The van der Waals surface area contributed by atoms with Crippen LogP contribution in [0.5, 0.6) is 0 Å². The van der Waals surface area contributed by atoms with Gasteiger partial charge in [0.15, 0.2) is 0 Å². The standard InChI is InChI=1S/C13H19F3N2O/c1-18(10-13(14,15)16)12-5-3-11(4-6-12)9-17-7-8-19-2/h3-6,17H,7-10H2,1-2H3. The van der Waals surface area contributed by atoms with E-state index in [1.807, 2.05) is 12.1 Å². The van der Waals surface area contributed by atoms with Crippen molar-refractivity contribution in [1.29, 1.82) is 0 Å². The summed E-state index contributed by atoms with van der Waals surface area (Å²) in [6.45, 7) is 1.10. The fraction of sp³-hybridized carbons (Fsp3) is 0.538. The second-order valence-electron chi connectivity index (χ2n) is 4.31. The van der Waals surface area contributed by atoms with Gasteiger partial charge in [-0.3, -0.25) is 0 Å². The number of ether oxygens (including phenoxy) is 1. The van der Waals surface area contributed by atoms with Crippen molar-refractivity contribution >= 4 is 5.69 Å². The third-order valence-electron chi connectivity index (χ3n) is 2.61. The van der Waals surface area contributed by atoms with Crippen molar-refractivity contribution < 1.29 is 17.9 Å². The molecule has 0 aromatic heterocycles. The zero-order chi connectivity index (χ0) is 14.3. The van der Waals surface area contributed by atoms with Crippen LogP contribution in [0.2, 0.25) is 0 Å². The number of alkyl halides is 3. The Labute approximate surface area is 111 Å². The highest BCUT2D eigenvalue weighted by atomic mass is 19.4. The average molecular weight is 276 g/mol. The lowest BCUT2D eigenvalue weighted by molar-refractivity contribution is -0.119. The molecular formula is C13H19F3N2O. The first-order valence-electron chi connectivity index (χ1n) is 5.99. The van der Waals surface area contributed by atoms with Gasteiger partial charge in [0.1, 0.15) is 6.54 Å². The fourth-order valence-electron chi connectivity index (χ4n) is 1.64. The molecule has 0 saturated carbocycles. The molecule has 1 N–H and O–H groups in total. The lowest BCUT2D eigenvalue weighted by atomic mass is 10.2. The normalized spacial score (nSPS) is 11.6. The van der Waals surface area contributed by atoms with E-state index in [0.29, 0.717) is 18.8 Å². The van der Waals surface area contributed by atoms with E-state index in [1.165, 1.54) is 11.9 Å². The Bertz CT molecular complexity index is 365. The Balaban J connectivity index is 2.47. The minimum absolute atomic E-state index is 0.554. The zero-order valence-electron chi connectivity index (χ0n) is 11.1. The summed E-state index contributed by atoms with van der Waals surface area (Å²) in [5.74, 6) is 0. The van der Waals surface area contributed by atoms with Gasteiger partial charge in [0.25, 0.3) is 0 Å². The molecule has 0 spiro atoms. The maximum atomic E-state index is 12.2. The van der Waals surface area contributed by atoms with Crippen molar-refractivity contribution in [2.45, 2.75) is 12.7 Å².